The zero-order valence-corrected chi connectivity index (χ0v) is 10.8. The monoisotopic (exact) mass is 271 g/mol. The van der Waals surface area contributed by atoms with E-state index in [9.17, 15) is 14.4 Å². The molecular weight excluding hydrogens is 258 g/mol. The number of benzene rings is 1. The van der Waals surface area contributed by atoms with E-state index in [1.54, 1.807) is 4.90 Å². The highest BCUT2D eigenvalue weighted by Crippen LogP contribution is 2.46. The third-order valence-electron chi connectivity index (χ3n) is 4.31. The average Bonchev–Trinajstić information content (AvgIpc) is 2.43. The molecule has 3 aliphatic rings. The minimum Gasteiger partial charge on any atom is -0.456 e. The Kier molecular flexibility index (Phi) is 2.28. The first-order valence-electron chi connectivity index (χ1n) is 6.82. The number of hydrogen-bond acceptors (Lipinski definition) is 4. The molecule has 1 saturated heterocycles. The van der Waals surface area contributed by atoms with Crippen LogP contribution in [0.3, 0.4) is 0 Å². The van der Waals surface area contributed by atoms with Gasteiger partial charge in [0.1, 0.15) is 18.4 Å². The van der Waals surface area contributed by atoms with Crippen LogP contribution in [0, 0.1) is 5.92 Å². The molecule has 0 saturated carbocycles. The minimum atomic E-state index is -0.853. The second-order valence-electron chi connectivity index (χ2n) is 5.48. The molecule has 102 valence electrons. The van der Waals surface area contributed by atoms with E-state index in [2.05, 4.69) is 0 Å². The van der Waals surface area contributed by atoms with Gasteiger partial charge < -0.3 is 9.64 Å². The molecule has 0 aromatic heterocycles. The van der Waals surface area contributed by atoms with Crippen LogP contribution in [-0.4, -0.2) is 24.2 Å². The standard InChI is InChI=1S/C15H13NO4/c17-10-7-11(18)20-14-9-5-1-3-8-4-2-6-16(13(8)9)15(19)12(10)14/h1,3,5,12,14H,2,4,6-7H2/t12-,14+/m1/s1. The number of hydrogen-bond donors (Lipinski definition) is 0. The van der Waals surface area contributed by atoms with Gasteiger partial charge in [-0.1, -0.05) is 18.2 Å². The molecule has 0 aliphatic carbocycles. The Labute approximate surface area is 115 Å². The summed E-state index contributed by atoms with van der Waals surface area (Å²) in [6, 6.07) is 5.75. The largest absolute Gasteiger partial charge is 0.456 e. The van der Waals surface area contributed by atoms with Crippen LogP contribution in [0.15, 0.2) is 18.2 Å². The summed E-state index contributed by atoms with van der Waals surface area (Å²) < 4.78 is 5.32. The normalized spacial score (nSPS) is 27.8. The van der Waals surface area contributed by atoms with Crippen molar-refractivity contribution in [2.24, 2.45) is 5.92 Å². The van der Waals surface area contributed by atoms with Crippen LogP contribution in [0.5, 0.6) is 0 Å². The zero-order chi connectivity index (χ0) is 13.9. The van der Waals surface area contributed by atoms with Crippen LogP contribution in [0.25, 0.3) is 0 Å². The van der Waals surface area contributed by atoms with Crippen molar-refractivity contribution in [3.05, 3.63) is 29.3 Å². The van der Waals surface area contributed by atoms with Gasteiger partial charge in [0.25, 0.3) is 0 Å². The Balaban J connectivity index is 1.94. The summed E-state index contributed by atoms with van der Waals surface area (Å²) >= 11 is 0. The number of aryl methyl sites for hydroxylation is 1. The Morgan fingerprint density at radius 3 is 2.90 bits per heavy atom. The SMILES string of the molecule is O=C1CC(=O)[C@H]2C(=O)N3CCCc4cccc(c43)[C@@H]2O1. The Morgan fingerprint density at radius 1 is 1.20 bits per heavy atom. The number of fused-ring (bicyclic) bond motifs is 2. The molecule has 0 unspecified atom stereocenters. The third kappa shape index (κ3) is 1.40. The number of ether oxygens (including phenoxy) is 1. The van der Waals surface area contributed by atoms with Crippen molar-refractivity contribution < 1.29 is 19.1 Å². The van der Waals surface area contributed by atoms with E-state index in [0.717, 1.165) is 29.7 Å². The molecule has 2 atom stereocenters. The van der Waals surface area contributed by atoms with Crippen molar-refractivity contribution in [3.8, 4) is 0 Å². The smallest absolute Gasteiger partial charge is 0.313 e. The maximum Gasteiger partial charge on any atom is 0.313 e. The van der Waals surface area contributed by atoms with Crippen molar-refractivity contribution in [2.75, 3.05) is 11.4 Å². The van der Waals surface area contributed by atoms with E-state index in [0.29, 0.717) is 6.54 Å². The molecule has 3 heterocycles. The highest BCUT2D eigenvalue weighted by atomic mass is 16.5. The third-order valence-corrected chi connectivity index (χ3v) is 4.31. The average molecular weight is 271 g/mol. The van der Waals surface area contributed by atoms with E-state index in [4.69, 9.17) is 4.74 Å². The van der Waals surface area contributed by atoms with Crippen molar-refractivity contribution in [2.45, 2.75) is 25.4 Å². The number of rotatable bonds is 0. The van der Waals surface area contributed by atoms with E-state index in [1.807, 2.05) is 18.2 Å². The lowest BCUT2D eigenvalue weighted by molar-refractivity contribution is -0.166. The van der Waals surface area contributed by atoms with Crippen LogP contribution in [-0.2, 0) is 25.5 Å². The Hall–Kier alpha value is -2.17. The number of nitrogens with zero attached hydrogens (tertiary/aromatic N) is 1. The predicted molar refractivity (Wildman–Crippen MR) is 69.1 cm³/mol. The summed E-state index contributed by atoms with van der Waals surface area (Å²) in [7, 11) is 0. The number of ketones is 1. The first-order valence-corrected chi connectivity index (χ1v) is 6.82. The second kappa shape index (κ2) is 3.91. The van der Waals surface area contributed by atoms with E-state index < -0.39 is 18.0 Å². The lowest BCUT2D eigenvalue weighted by atomic mass is 9.80. The molecule has 4 rings (SSSR count). The van der Waals surface area contributed by atoms with Gasteiger partial charge >= 0.3 is 5.97 Å². The lowest BCUT2D eigenvalue weighted by Crippen LogP contribution is -2.51. The van der Waals surface area contributed by atoms with Gasteiger partial charge in [0.2, 0.25) is 5.91 Å². The summed E-state index contributed by atoms with van der Waals surface area (Å²) in [5.41, 5.74) is 2.75. The fraction of sp³-hybridized carbons (Fsp3) is 0.400. The number of Topliss-reactive ketones (excluding diaryl/α,β-unsaturated/α-hetero) is 1. The van der Waals surface area contributed by atoms with Crippen LogP contribution in [0.2, 0.25) is 0 Å². The molecule has 0 radical (unpaired) electrons. The maximum absolute atomic E-state index is 12.6. The summed E-state index contributed by atoms with van der Waals surface area (Å²) in [5.74, 6) is -1.93. The second-order valence-corrected chi connectivity index (χ2v) is 5.48. The van der Waals surface area contributed by atoms with E-state index in [1.165, 1.54) is 0 Å². The quantitative estimate of drug-likeness (QED) is 0.524. The molecular formula is C15H13NO4. The zero-order valence-electron chi connectivity index (χ0n) is 10.8. The summed E-state index contributed by atoms with van der Waals surface area (Å²) in [6.07, 6.45) is 0.774. The van der Waals surface area contributed by atoms with E-state index in [-0.39, 0.29) is 18.1 Å². The maximum atomic E-state index is 12.6. The molecule has 0 spiro atoms. The van der Waals surface area contributed by atoms with Crippen LogP contribution < -0.4 is 4.90 Å². The van der Waals surface area contributed by atoms with Gasteiger partial charge in [-0.05, 0) is 18.4 Å². The number of anilines is 1. The minimum absolute atomic E-state index is 0.216. The van der Waals surface area contributed by atoms with Gasteiger partial charge in [0.05, 0.1) is 5.69 Å². The first-order chi connectivity index (χ1) is 9.66. The summed E-state index contributed by atoms with van der Waals surface area (Å²) in [4.78, 5) is 37.9. The predicted octanol–water partition coefficient (Wildman–Crippen LogP) is 1.15. The van der Waals surface area contributed by atoms with Gasteiger partial charge in [-0.25, -0.2) is 0 Å². The topological polar surface area (TPSA) is 63.7 Å². The Bertz CT molecular complexity index is 651. The molecule has 0 N–H and O–H groups in total. The number of carbonyl (C=O) groups is 3. The van der Waals surface area contributed by atoms with E-state index >= 15 is 0 Å². The highest BCUT2D eigenvalue weighted by Gasteiger charge is 2.50. The molecule has 1 aromatic rings. The molecule has 0 bridgehead atoms. The van der Waals surface area contributed by atoms with Crippen molar-refractivity contribution in [1.82, 2.24) is 0 Å². The molecule has 1 fully saturated rings. The number of para-hydroxylation sites is 1. The molecule has 1 aromatic carbocycles. The van der Waals surface area contributed by atoms with Gasteiger partial charge in [0.15, 0.2) is 5.78 Å². The summed E-state index contributed by atoms with van der Waals surface area (Å²) in [5, 5.41) is 0. The highest BCUT2D eigenvalue weighted by molar-refractivity contribution is 6.16. The number of carbonyl (C=O) groups excluding carboxylic acids is 3. The fourth-order valence-electron chi connectivity index (χ4n) is 3.48. The first kappa shape index (κ1) is 11.6. The Morgan fingerprint density at radius 2 is 2.05 bits per heavy atom. The van der Waals surface area contributed by atoms with Crippen LogP contribution in [0.4, 0.5) is 5.69 Å². The molecule has 5 heteroatoms. The van der Waals surface area contributed by atoms with Crippen molar-refractivity contribution >= 4 is 23.3 Å². The molecule has 20 heavy (non-hydrogen) atoms. The lowest BCUT2D eigenvalue weighted by Gasteiger charge is -2.42. The summed E-state index contributed by atoms with van der Waals surface area (Å²) in [6.45, 7) is 0.632. The van der Waals surface area contributed by atoms with Crippen LogP contribution >= 0.6 is 0 Å². The van der Waals surface area contributed by atoms with Gasteiger partial charge in [0, 0.05) is 12.1 Å². The van der Waals surface area contributed by atoms with Gasteiger partial charge in [-0.3, -0.25) is 14.4 Å². The number of amides is 1. The van der Waals surface area contributed by atoms with Gasteiger partial charge in [-0.15, -0.1) is 0 Å². The molecule has 1 amide bonds. The molecule has 3 aliphatic heterocycles. The van der Waals surface area contributed by atoms with Crippen molar-refractivity contribution in [3.63, 3.8) is 0 Å². The fourth-order valence-corrected chi connectivity index (χ4v) is 3.48. The van der Waals surface area contributed by atoms with Crippen molar-refractivity contribution in [1.29, 1.82) is 0 Å². The van der Waals surface area contributed by atoms with Crippen LogP contribution in [0.1, 0.15) is 30.1 Å². The number of esters is 1. The van der Waals surface area contributed by atoms with Gasteiger partial charge in [-0.2, -0.15) is 0 Å². The molecule has 5 nitrogen and oxygen atoms in total.